The lowest BCUT2D eigenvalue weighted by Crippen LogP contribution is -2.45. The van der Waals surface area contributed by atoms with Crippen molar-refractivity contribution in [3.63, 3.8) is 0 Å². The molecule has 0 aromatic heterocycles. The summed E-state index contributed by atoms with van der Waals surface area (Å²) in [5.41, 5.74) is 0. The van der Waals surface area contributed by atoms with E-state index in [1.807, 2.05) is 20.8 Å². The first kappa shape index (κ1) is 18.4. The summed E-state index contributed by atoms with van der Waals surface area (Å²) >= 11 is 0. The molecular formula is C14H26N2O4. The molecule has 2 amide bonds. The molecular weight excluding hydrogens is 260 g/mol. The van der Waals surface area contributed by atoms with Crippen molar-refractivity contribution in [1.29, 1.82) is 0 Å². The quantitative estimate of drug-likeness (QED) is 0.564. The molecule has 0 aliphatic rings. The van der Waals surface area contributed by atoms with Crippen LogP contribution in [0, 0.1) is 5.92 Å². The van der Waals surface area contributed by atoms with Crippen molar-refractivity contribution in [2.45, 2.75) is 58.9 Å². The first-order valence-corrected chi connectivity index (χ1v) is 7.15. The summed E-state index contributed by atoms with van der Waals surface area (Å²) < 4.78 is 0. The van der Waals surface area contributed by atoms with Gasteiger partial charge in [0.05, 0.1) is 6.54 Å². The molecule has 0 heterocycles. The van der Waals surface area contributed by atoms with Crippen molar-refractivity contribution < 1.29 is 19.5 Å². The smallest absolute Gasteiger partial charge is 0.326 e. The van der Waals surface area contributed by atoms with Gasteiger partial charge in [-0.15, -0.1) is 0 Å². The maximum Gasteiger partial charge on any atom is 0.326 e. The fourth-order valence-corrected chi connectivity index (χ4v) is 1.60. The van der Waals surface area contributed by atoms with Gasteiger partial charge in [-0.05, 0) is 18.8 Å². The minimum absolute atomic E-state index is 0.174. The van der Waals surface area contributed by atoms with Crippen molar-refractivity contribution in [2.75, 3.05) is 6.54 Å². The second kappa shape index (κ2) is 10.2. The molecule has 0 bridgehead atoms. The minimum atomic E-state index is -1.04. The lowest BCUT2D eigenvalue weighted by molar-refractivity contribution is -0.142. The number of nitrogens with one attached hydrogen (secondary N) is 2. The lowest BCUT2D eigenvalue weighted by Gasteiger charge is -2.14. The van der Waals surface area contributed by atoms with E-state index in [4.69, 9.17) is 5.11 Å². The van der Waals surface area contributed by atoms with Crippen LogP contribution in [0.1, 0.15) is 52.9 Å². The predicted molar refractivity (Wildman–Crippen MR) is 76.2 cm³/mol. The average molecular weight is 286 g/mol. The Balaban J connectivity index is 4.01. The van der Waals surface area contributed by atoms with Crippen LogP contribution in [0.25, 0.3) is 0 Å². The number of amides is 2. The fourth-order valence-electron chi connectivity index (χ4n) is 1.60. The number of hydrogen-bond acceptors (Lipinski definition) is 3. The van der Waals surface area contributed by atoms with Gasteiger partial charge in [0.1, 0.15) is 6.04 Å². The van der Waals surface area contributed by atoms with Crippen LogP contribution in [-0.2, 0) is 14.4 Å². The summed E-state index contributed by atoms with van der Waals surface area (Å²) in [4.78, 5) is 34.0. The average Bonchev–Trinajstić information content (AvgIpc) is 2.38. The van der Waals surface area contributed by atoms with Gasteiger partial charge in [0.15, 0.2) is 0 Å². The first-order valence-electron chi connectivity index (χ1n) is 7.15. The molecule has 0 aromatic carbocycles. The van der Waals surface area contributed by atoms with Crippen molar-refractivity contribution in [3.8, 4) is 0 Å². The zero-order chi connectivity index (χ0) is 15.5. The minimum Gasteiger partial charge on any atom is -0.480 e. The zero-order valence-electron chi connectivity index (χ0n) is 12.6. The summed E-state index contributed by atoms with van der Waals surface area (Å²) in [6.07, 6.45) is 3.15. The molecule has 1 unspecified atom stereocenters. The van der Waals surface area contributed by atoms with E-state index in [-0.39, 0.29) is 12.5 Å². The third-order valence-corrected chi connectivity index (χ3v) is 2.87. The first-order chi connectivity index (χ1) is 9.36. The fraction of sp³-hybridized carbons (Fsp3) is 0.786. The van der Waals surface area contributed by atoms with Crippen LogP contribution >= 0.6 is 0 Å². The molecule has 1 atom stereocenters. The molecule has 20 heavy (non-hydrogen) atoms. The standard InChI is InChI=1S/C14H26N2O4/c1-4-5-6-11(14(19)20)16-13(18)9-15-12(17)8-7-10(2)3/h10-11H,4-9H2,1-3H3,(H,15,17)(H,16,18)(H,19,20). The Labute approximate surface area is 120 Å². The lowest BCUT2D eigenvalue weighted by atomic mass is 10.1. The number of rotatable bonds is 10. The van der Waals surface area contributed by atoms with Crippen LogP contribution < -0.4 is 10.6 Å². The van der Waals surface area contributed by atoms with Crippen LogP contribution in [0.4, 0.5) is 0 Å². The zero-order valence-corrected chi connectivity index (χ0v) is 12.6. The number of hydrogen-bond donors (Lipinski definition) is 3. The van der Waals surface area contributed by atoms with E-state index < -0.39 is 17.9 Å². The molecule has 0 saturated carbocycles. The molecule has 0 saturated heterocycles. The highest BCUT2D eigenvalue weighted by Gasteiger charge is 2.19. The highest BCUT2D eigenvalue weighted by molar-refractivity contribution is 5.87. The Hall–Kier alpha value is -1.59. The Morgan fingerprint density at radius 3 is 2.25 bits per heavy atom. The van der Waals surface area contributed by atoms with Crippen LogP contribution in [-0.4, -0.2) is 35.5 Å². The second-order valence-electron chi connectivity index (χ2n) is 5.31. The summed E-state index contributed by atoms with van der Waals surface area (Å²) in [6, 6.07) is -0.880. The molecule has 0 radical (unpaired) electrons. The summed E-state index contributed by atoms with van der Waals surface area (Å²) in [5, 5.41) is 13.9. The third-order valence-electron chi connectivity index (χ3n) is 2.87. The number of unbranched alkanes of at least 4 members (excludes halogenated alkanes) is 1. The summed E-state index contributed by atoms with van der Waals surface area (Å²) in [5.74, 6) is -1.27. The largest absolute Gasteiger partial charge is 0.480 e. The van der Waals surface area contributed by atoms with Gasteiger partial charge in [-0.3, -0.25) is 9.59 Å². The molecule has 0 aliphatic carbocycles. The van der Waals surface area contributed by atoms with E-state index >= 15 is 0 Å². The Kier molecular flexibility index (Phi) is 9.41. The normalized spacial score (nSPS) is 12.0. The molecule has 0 fully saturated rings. The molecule has 0 rings (SSSR count). The van der Waals surface area contributed by atoms with Gasteiger partial charge < -0.3 is 15.7 Å². The van der Waals surface area contributed by atoms with Crippen molar-refractivity contribution in [1.82, 2.24) is 10.6 Å². The molecule has 6 nitrogen and oxygen atoms in total. The highest BCUT2D eigenvalue weighted by atomic mass is 16.4. The Morgan fingerprint density at radius 2 is 1.75 bits per heavy atom. The van der Waals surface area contributed by atoms with Crippen LogP contribution in [0.5, 0.6) is 0 Å². The van der Waals surface area contributed by atoms with Gasteiger partial charge in [0.2, 0.25) is 11.8 Å². The van der Waals surface area contributed by atoms with Gasteiger partial charge in [0.25, 0.3) is 0 Å². The van der Waals surface area contributed by atoms with E-state index in [0.29, 0.717) is 18.8 Å². The predicted octanol–water partition coefficient (Wildman–Crippen LogP) is 1.30. The van der Waals surface area contributed by atoms with E-state index in [2.05, 4.69) is 10.6 Å². The van der Waals surface area contributed by atoms with Gasteiger partial charge in [-0.2, -0.15) is 0 Å². The maximum atomic E-state index is 11.6. The topological polar surface area (TPSA) is 95.5 Å². The highest BCUT2D eigenvalue weighted by Crippen LogP contribution is 2.03. The van der Waals surface area contributed by atoms with Gasteiger partial charge >= 0.3 is 5.97 Å². The SMILES string of the molecule is CCCCC(NC(=O)CNC(=O)CCC(C)C)C(=O)O. The molecule has 0 aromatic rings. The summed E-state index contributed by atoms with van der Waals surface area (Å²) in [7, 11) is 0. The van der Waals surface area contributed by atoms with Crippen molar-refractivity contribution in [3.05, 3.63) is 0 Å². The van der Waals surface area contributed by atoms with Crippen LogP contribution in [0.15, 0.2) is 0 Å². The van der Waals surface area contributed by atoms with E-state index in [1.54, 1.807) is 0 Å². The Morgan fingerprint density at radius 1 is 1.10 bits per heavy atom. The number of carbonyl (C=O) groups is 3. The Bertz CT molecular complexity index is 329. The maximum absolute atomic E-state index is 11.6. The van der Waals surface area contributed by atoms with E-state index in [1.165, 1.54) is 0 Å². The van der Waals surface area contributed by atoms with Gasteiger partial charge in [0, 0.05) is 6.42 Å². The van der Waals surface area contributed by atoms with Gasteiger partial charge in [-0.1, -0.05) is 33.6 Å². The number of carbonyl (C=O) groups excluding carboxylic acids is 2. The van der Waals surface area contributed by atoms with Gasteiger partial charge in [-0.25, -0.2) is 4.79 Å². The monoisotopic (exact) mass is 286 g/mol. The number of carboxylic acids is 1. The third kappa shape index (κ3) is 9.35. The molecule has 6 heteroatoms. The number of aliphatic carboxylic acids is 1. The summed E-state index contributed by atoms with van der Waals surface area (Å²) in [6.45, 7) is 5.82. The molecule has 116 valence electrons. The molecule has 0 spiro atoms. The molecule has 0 aliphatic heterocycles. The van der Waals surface area contributed by atoms with Crippen molar-refractivity contribution in [2.24, 2.45) is 5.92 Å². The van der Waals surface area contributed by atoms with Crippen molar-refractivity contribution >= 4 is 17.8 Å². The van der Waals surface area contributed by atoms with Crippen LogP contribution in [0.3, 0.4) is 0 Å². The molecule has 3 N–H and O–H groups in total. The van der Waals surface area contributed by atoms with E-state index in [9.17, 15) is 14.4 Å². The van der Waals surface area contributed by atoms with Crippen LogP contribution in [0.2, 0.25) is 0 Å². The second-order valence-corrected chi connectivity index (χ2v) is 5.31. The van der Waals surface area contributed by atoms with E-state index in [0.717, 1.165) is 19.3 Å². The number of carboxylic acid groups (broad SMARTS) is 1.